The van der Waals surface area contributed by atoms with Gasteiger partial charge < -0.3 is 15.0 Å². The molecule has 2 aliphatic rings. The Morgan fingerprint density at radius 1 is 1.30 bits per heavy atom. The third-order valence-electron chi connectivity index (χ3n) is 5.37. The maximum Gasteiger partial charge on any atom is 0.407 e. The van der Waals surface area contributed by atoms with Crippen LogP contribution in [0.3, 0.4) is 0 Å². The fourth-order valence-electron chi connectivity index (χ4n) is 4.26. The van der Waals surface area contributed by atoms with Crippen molar-refractivity contribution in [1.29, 1.82) is 0 Å². The first-order valence-corrected chi connectivity index (χ1v) is 10.4. The molecule has 4 atom stereocenters. The van der Waals surface area contributed by atoms with E-state index in [1.807, 2.05) is 4.90 Å². The molecule has 4 rings (SSSR count). The third kappa shape index (κ3) is 3.85. The molecule has 2 fully saturated rings. The van der Waals surface area contributed by atoms with Crippen LogP contribution in [0.2, 0.25) is 10.4 Å². The summed E-state index contributed by atoms with van der Waals surface area (Å²) in [5.41, 5.74) is -0.737. The monoisotopic (exact) mass is 459 g/mol. The van der Waals surface area contributed by atoms with Crippen LogP contribution in [0.4, 0.5) is 19.4 Å². The first-order chi connectivity index (χ1) is 14.0. The Morgan fingerprint density at radius 3 is 2.73 bits per heavy atom. The highest BCUT2D eigenvalue weighted by molar-refractivity contribution is 6.30. The van der Waals surface area contributed by atoms with Crippen molar-refractivity contribution < 1.29 is 18.3 Å². The summed E-state index contributed by atoms with van der Waals surface area (Å²) >= 11 is 11.8. The Morgan fingerprint density at radius 2 is 2.03 bits per heavy atom. The number of fused-ring (bicyclic) bond motifs is 3. The minimum absolute atomic E-state index is 0.0613. The SMILES string of the molecule is CC(C)(C)OC(=O)N[C@H]1C[C@H]2CC[C@@H]([C@@H]1F)N2c1nc(Cl)nc2c(F)c(Cl)ncc12. The molecule has 0 aliphatic carbocycles. The molecule has 2 bridgehead atoms. The summed E-state index contributed by atoms with van der Waals surface area (Å²) in [4.78, 5) is 26.0. The largest absolute Gasteiger partial charge is 0.444 e. The molecular formula is C19H21Cl2F2N5O2. The van der Waals surface area contributed by atoms with Crippen molar-refractivity contribution in [3.8, 4) is 0 Å². The molecule has 4 heterocycles. The van der Waals surface area contributed by atoms with E-state index >= 15 is 4.39 Å². The van der Waals surface area contributed by atoms with Gasteiger partial charge >= 0.3 is 6.09 Å². The predicted octanol–water partition coefficient (Wildman–Crippen LogP) is 4.44. The number of pyridine rings is 1. The van der Waals surface area contributed by atoms with Crippen molar-refractivity contribution in [2.45, 2.75) is 69.9 Å². The van der Waals surface area contributed by atoms with E-state index in [1.54, 1.807) is 20.8 Å². The van der Waals surface area contributed by atoms with Gasteiger partial charge in [0.2, 0.25) is 5.28 Å². The summed E-state index contributed by atoms with van der Waals surface area (Å²) in [7, 11) is 0. The third-order valence-corrected chi connectivity index (χ3v) is 5.80. The van der Waals surface area contributed by atoms with Crippen LogP contribution in [0, 0.1) is 5.82 Å². The van der Waals surface area contributed by atoms with Crippen LogP contribution >= 0.6 is 23.2 Å². The summed E-state index contributed by atoms with van der Waals surface area (Å²) in [6.07, 6.45) is 0.951. The molecule has 2 aromatic rings. The van der Waals surface area contributed by atoms with E-state index in [4.69, 9.17) is 27.9 Å². The molecule has 2 aliphatic heterocycles. The number of amides is 1. The van der Waals surface area contributed by atoms with Crippen molar-refractivity contribution in [2.75, 3.05) is 4.90 Å². The quantitative estimate of drug-likeness (QED) is 0.527. The van der Waals surface area contributed by atoms with Crippen LogP contribution in [0.5, 0.6) is 0 Å². The van der Waals surface area contributed by atoms with Gasteiger partial charge in [0, 0.05) is 12.2 Å². The zero-order valence-electron chi connectivity index (χ0n) is 16.6. The Hall–Kier alpha value is -2.00. The van der Waals surface area contributed by atoms with Crippen LogP contribution in [-0.4, -0.2) is 50.9 Å². The van der Waals surface area contributed by atoms with E-state index < -0.39 is 35.8 Å². The lowest BCUT2D eigenvalue weighted by atomic mass is 9.95. The molecule has 1 N–H and O–H groups in total. The Kier molecular flexibility index (Phi) is 5.38. The molecule has 162 valence electrons. The van der Waals surface area contributed by atoms with Crippen molar-refractivity contribution in [3.05, 3.63) is 22.5 Å². The standard InChI is InChI=1S/C19H21Cl2F2N5O2/c1-19(2,3)30-18(29)25-10-6-8-4-5-11(12(10)22)28(8)16-9-7-24-15(20)13(23)14(9)26-17(21)27-16/h7-8,10-12H,4-6H2,1-3H3,(H,25,29)/t8-,10+,11+,12-/m1/s1. The topological polar surface area (TPSA) is 80.2 Å². The van der Waals surface area contributed by atoms with E-state index in [0.717, 1.165) is 0 Å². The molecule has 0 spiro atoms. The second-order valence-electron chi connectivity index (χ2n) is 8.58. The number of carbonyl (C=O) groups excluding carboxylic acids is 1. The molecule has 30 heavy (non-hydrogen) atoms. The van der Waals surface area contributed by atoms with Gasteiger partial charge in [-0.3, -0.25) is 0 Å². The summed E-state index contributed by atoms with van der Waals surface area (Å²) < 4.78 is 35.1. The molecule has 11 heteroatoms. The molecular weight excluding hydrogens is 439 g/mol. The number of nitrogens with zero attached hydrogens (tertiary/aromatic N) is 4. The lowest BCUT2D eigenvalue weighted by Crippen LogP contribution is -2.58. The van der Waals surface area contributed by atoms with Gasteiger partial charge in [0.1, 0.15) is 23.1 Å². The molecule has 7 nitrogen and oxygen atoms in total. The van der Waals surface area contributed by atoms with Gasteiger partial charge in [-0.2, -0.15) is 4.98 Å². The van der Waals surface area contributed by atoms with Crippen LogP contribution in [0.1, 0.15) is 40.0 Å². The number of aromatic nitrogens is 3. The number of nitrogens with one attached hydrogen (secondary N) is 1. The van der Waals surface area contributed by atoms with Crippen LogP contribution in [0.25, 0.3) is 10.9 Å². The minimum Gasteiger partial charge on any atom is -0.444 e. The van der Waals surface area contributed by atoms with Gasteiger partial charge in [-0.25, -0.2) is 23.5 Å². The maximum atomic E-state index is 15.4. The Labute approximate surface area is 182 Å². The minimum atomic E-state index is -1.37. The smallest absolute Gasteiger partial charge is 0.407 e. The van der Waals surface area contributed by atoms with Gasteiger partial charge in [-0.1, -0.05) is 11.6 Å². The average Bonchev–Trinajstić information content (AvgIpc) is 2.98. The molecule has 0 saturated carbocycles. The summed E-state index contributed by atoms with van der Waals surface area (Å²) in [6.45, 7) is 5.24. The number of hydrogen-bond acceptors (Lipinski definition) is 6. The van der Waals surface area contributed by atoms with Gasteiger partial charge in [0.15, 0.2) is 11.0 Å². The molecule has 0 radical (unpaired) electrons. The highest BCUT2D eigenvalue weighted by Gasteiger charge is 2.49. The van der Waals surface area contributed by atoms with E-state index in [0.29, 0.717) is 30.5 Å². The van der Waals surface area contributed by atoms with Crippen molar-refractivity contribution in [3.63, 3.8) is 0 Å². The zero-order chi connectivity index (χ0) is 21.8. The Balaban J connectivity index is 1.64. The number of alkyl halides is 1. The number of hydrogen-bond donors (Lipinski definition) is 1. The number of piperidine rings is 1. The fraction of sp³-hybridized carbons (Fsp3) is 0.579. The second-order valence-corrected chi connectivity index (χ2v) is 9.28. The number of ether oxygens (including phenoxy) is 1. The summed E-state index contributed by atoms with van der Waals surface area (Å²) in [5.74, 6) is -0.482. The van der Waals surface area contributed by atoms with Crippen molar-refractivity contribution in [2.24, 2.45) is 0 Å². The van der Waals surface area contributed by atoms with E-state index in [-0.39, 0.29) is 22.0 Å². The van der Waals surface area contributed by atoms with Gasteiger partial charge in [0.05, 0.1) is 17.5 Å². The summed E-state index contributed by atoms with van der Waals surface area (Å²) in [5, 5.41) is 2.47. The normalized spacial score (nSPS) is 26.2. The first kappa shape index (κ1) is 21.2. The van der Waals surface area contributed by atoms with Crippen LogP contribution in [0.15, 0.2) is 6.20 Å². The molecule has 2 aromatic heterocycles. The van der Waals surface area contributed by atoms with E-state index in [2.05, 4.69) is 20.3 Å². The van der Waals surface area contributed by atoms with Crippen LogP contribution in [-0.2, 0) is 4.74 Å². The highest BCUT2D eigenvalue weighted by Crippen LogP contribution is 2.42. The predicted molar refractivity (Wildman–Crippen MR) is 109 cm³/mol. The maximum absolute atomic E-state index is 15.4. The highest BCUT2D eigenvalue weighted by atomic mass is 35.5. The zero-order valence-corrected chi connectivity index (χ0v) is 18.1. The Bertz CT molecular complexity index is 1000. The number of anilines is 1. The first-order valence-electron chi connectivity index (χ1n) is 9.64. The lowest BCUT2D eigenvalue weighted by Gasteiger charge is -2.42. The fourth-order valence-corrected chi connectivity index (χ4v) is 4.57. The van der Waals surface area contributed by atoms with E-state index in [1.165, 1.54) is 6.20 Å². The van der Waals surface area contributed by atoms with E-state index in [9.17, 15) is 9.18 Å². The second kappa shape index (κ2) is 7.60. The molecule has 1 amide bonds. The van der Waals surface area contributed by atoms with Gasteiger partial charge in [-0.05, 0) is 51.6 Å². The molecule has 2 saturated heterocycles. The number of alkyl carbamates (subject to hydrolysis) is 1. The number of rotatable bonds is 2. The lowest BCUT2D eigenvalue weighted by molar-refractivity contribution is 0.0447. The summed E-state index contributed by atoms with van der Waals surface area (Å²) in [6, 6.07) is -1.37. The van der Waals surface area contributed by atoms with Gasteiger partial charge in [-0.15, -0.1) is 0 Å². The molecule has 0 aromatic carbocycles. The molecule has 0 unspecified atom stereocenters. The average molecular weight is 460 g/mol. The van der Waals surface area contributed by atoms with Crippen molar-refractivity contribution in [1.82, 2.24) is 20.3 Å². The van der Waals surface area contributed by atoms with Gasteiger partial charge in [0.25, 0.3) is 0 Å². The van der Waals surface area contributed by atoms with Crippen molar-refractivity contribution >= 4 is 46.0 Å². The number of carbonyl (C=O) groups is 1. The number of halogens is 4. The van der Waals surface area contributed by atoms with Crippen LogP contribution < -0.4 is 10.2 Å².